The van der Waals surface area contributed by atoms with E-state index in [2.05, 4.69) is 0 Å². The van der Waals surface area contributed by atoms with E-state index in [0.717, 1.165) is 51.4 Å². The summed E-state index contributed by atoms with van der Waals surface area (Å²) in [6.45, 7) is 1.27. The highest BCUT2D eigenvalue weighted by molar-refractivity contribution is 4.77. The number of aliphatic hydroxyl groups excluding tert-OH is 2. The number of aliphatic hydroxyl groups is 2. The van der Waals surface area contributed by atoms with Gasteiger partial charge in [-0.05, 0) is 75.0 Å². The summed E-state index contributed by atoms with van der Waals surface area (Å²) in [6.07, 6.45) is 8.14. The Hall–Kier alpha value is -0.320. The highest BCUT2D eigenvalue weighted by Crippen LogP contribution is 2.31. The third-order valence-corrected chi connectivity index (χ3v) is 7.16. The molecule has 4 rings (SSSR count). The summed E-state index contributed by atoms with van der Waals surface area (Å²) in [5.74, 6) is 1.90. The highest BCUT2D eigenvalue weighted by atomic mass is 16.9. The predicted molar refractivity (Wildman–Crippen MR) is 106 cm³/mol. The van der Waals surface area contributed by atoms with Gasteiger partial charge in [-0.2, -0.15) is 0 Å². The molecule has 4 fully saturated rings. The quantitative estimate of drug-likeness (QED) is 0.604. The first kappa shape index (κ1) is 22.9. The molecular weight excluding hydrogens is 392 g/mol. The Morgan fingerprint density at radius 2 is 0.933 bits per heavy atom. The zero-order valence-corrected chi connectivity index (χ0v) is 17.9. The largest absolute Gasteiger partial charge is 0.396 e. The van der Waals surface area contributed by atoms with Crippen molar-refractivity contribution in [3.8, 4) is 0 Å². The number of hydrogen-bond acceptors (Lipinski definition) is 8. The van der Waals surface area contributed by atoms with Gasteiger partial charge in [0, 0.05) is 13.2 Å². The molecule has 4 atom stereocenters. The SMILES string of the molecule is OCC1CCC(COC2OCC3OC(OCC4CCC(CO)CC4)OCC3O2)CC1. The fourth-order valence-corrected chi connectivity index (χ4v) is 4.94. The smallest absolute Gasteiger partial charge is 0.272 e. The molecule has 0 amide bonds. The Balaban J connectivity index is 1.11. The lowest BCUT2D eigenvalue weighted by atomic mass is 9.83. The van der Waals surface area contributed by atoms with Crippen LogP contribution in [0.1, 0.15) is 51.4 Å². The van der Waals surface area contributed by atoms with Crippen LogP contribution in [0, 0.1) is 23.7 Å². The minimum Gasteiger partial charge on any atom is -0.396 e. The summed E-state index contributed by atoms with van der Waals surface area (Å²) in [4.78, 5) is 0. The molecule has 8 heteroatoms. The van der Waals surface area contributed by atoms with Gasteiger partial charge in [0.05, 0.1) is 26.4 Å². The standard InChI is InChI=1S/C22H38O8/c23-9-15-1-5-17(6-2-15)11-25-21-27-13-20-19(29-21)14-28-22(30-20)26-12-18-7-3-16(10-24)4-8-18/h15-24H,1-14H2. The van der Waals surface area contributed by atoms with E-state index >= 15 is 0 Å². The van der Waals surface area contributed by atoms with Crippen LogP contribution in [0.2, 0.25) is 0 Å². The summed E-state index contributed by atoms with van der Waals surface area (Å²) in [5.41, 5.74) is 0. The Labute approximate surface area is 179 Å². The maximum absolute atomic E-state index is 9.25. The van der Waals surface area contributed by atoms with E-state index in [9.17, 15) is 10.2 Å². The van der Waals surface area contributed by atoms with Gasteiger partial charge in [-0.15, -0.1) is 0 Å². The average Bonchev–Trinajstić information content (AvgIpc) is 2.82. The van der Waals surface area contributed by atoms with E-state index < -0.39 is 13.0 Å². The minimum absolute atomic E-state index is 0.214. The maximum Gasteiger partial charge on any atom is 0.272 e. The topological polar surface area (TPSA) is 95.8 Å². The molecule has 0 aromatic rings. The van der Waals surface area contributed by atoms with Crippen LogP contribution in [0.4, 0.5) is 0 Å². The molecule has 0 spiro atoms. The van der Waals surface area contributed by atoms with Crippen LogP contribution in [-0.2, 0) is 28.4 Å². The van der Waals surface area contributed by atoms with Gasteiger partial charge >= 0.3 is 0 Å². The van der Waals surface area contributed by atoms with Crippen molar-refractivity contribution in [2.45, 2.75) is 76.5 Å². The summed E-state index contributed by atoms with van der Waals surface area (Å²) in [5, 5.41) is 18.5. The molecule has 0 bridgehead atoms. The van der Waals surface area contributed by atoms with Crippen molar-refractivity contribution in [2.24, 2.45) is 23.7 Å². The third kappa shape index (κ3) is 6.36. The Kier molecular flexibility index (Phi) is 8.78. The van der Waals surface area contributed by atoms with Crippen molar-refractivity contribution >= 4 is 0 Å². The highest BCUT2D eigenvalue weighted by Gasteiger charge is 2.40. The van der Waals surface area contributed by atoms with Crippen molar-refractivity contribution in [1.82, 2.24) is 0 Å². The minimum atomic E-state index is -0.673. The summed E-state index contributed by atoms with van der Waals surface area (Å²) in [6, 6.07) is 0. The molecule has 2 aliphatic carbocycles. The monoisotopic (exact) mass is 430 g/mol. The van der Waals surface area contributed by atoms with Crippen molar-refractivity contribution in [2.75, 3.05) is 39.6 Å². The lowest BCUT2D eigenvalue weighted by Crippen LogP contribution is -2.54. The van der Waals surface area contributed by atoms with Crippen molar-refractivity contribution in [3.63, 3.8) is 0 Å². The number of hydrogen-bond donors (Lipinski definition) is 2. The number of fused-ring (bicyclic) bond motifs is 1. The van der Waals surface area contributed by atoms with Crippen LogP contribution >= 0.6 is 0 Å². The first-order valence-electron chi connectivity index (χ1n) is 11.7. The van der Waals surface area contributed by atoms with E-state index in [-0.39, 0.29) is 12.2 Å². The predicted octanol–water partition coefficient (Wildman–Crippen LogP) is 2.01. The molecule has 174 valence electrons. The van der Waals surface area contributed by atoms with E-state index in [0.29, 0.717) is 63.3 Å². The molecule has 4 aliphatic rings. The normalized spacial score (nSPS) is 42.6. The van der Waals surface area contributed by atoms with Crippen molar-refractivity contribution in [1.29, 1.82) is 0 Å². The van der Waals surface area contributed by atoms with Crippen LogP contribution in [0.3, 0.4) is 0 Å². The Morgan fingerprint density at radius 1 is 0.567 bits per heavy atom. The van der Waals surface area contributed by atoms with E-state index in [1.807, 2.05) is 0 Å². The Bertz CT molecular complexity index is 446. The van der Waals surface area contributed by atoms with Crippen LogP contribution in [0.15, 0.2) is 0 Å². The van der Waals surface area contributed by atoms with Gasteiger partial charge in [0.15, 0.2) is 0 Å². The molecule has 30 heavy (non-hydrogen) atoms. The van der Waals surface area contributed by atoms with Gasteiger partial charge in [-0.25, -0.2) is 0 Å². The van der Waals surface area contributed by atoms with E-state index in [4.69, 9.17) is 28.4 Å². The lowest BCUT2D eigenvalue weighted by Gasteiger charge is -2.41. The molecule has 4 unspecified atom stereocenters. The van der Waals surface area contributed by atoms with Crippen LogP contribution < -0.4 is 0 Å². The number of ether oxygens (including phenoxy) is 6. The third-order valence-electron chi connectivity index (χ3n) is 7.16. The second-order valence-electron chi connectivity index (χ2n) is 9.40. The zero-order valence-electron chi connectivity index (χ0n) is 17.9. The molecule has 2 saturated carbocycles. The molecule has 8 nitrogen and oxygen atoms in total. The van der Waals surface area contributed by atoms with Crippen molar-refractivity contribution in [3.05, 3.63) is 0 Å². The second kappa shape index (κ2) is 11.5. The maximum atomic E-state index is 9.25. The summed E-state index contributed by atoms with van der Waals surface area (Å²) >= 11 is 0. The summed E-state index contributed by atoms with van der Waals surface area (Å²) < 4.78 is 34.9. The molecule has 0 radical (unpaired) electrons. The van der Waals surface area contributed by atoms with Gasteiger partial charge in [-0.3, -0.25) is 0 Å². The van der Waals surface area contributed by atoms with E-state index in [1.54, 1.807) is 0 Å². The molecule has 2 aliphatic heterocycles. The zero-order chi connectivity index (χ0) is 20.8. The first-order chi connectivity index (χ1) is 14.7. The van der Waals surface area contributed by atoms with Gasteiger partial charge < -0.3 is 38.6 Å². The summed E-state index contributed by atoms with van der Waals surface area (Å²) in [7, 11) is 0. The second-order valence-corrected chi connectivity index (χ2v) is 9.40. The molecule has 0 aromatic carbocycles. The Morgan fingerprint density at radius 3 is 1.30 bits per heavy atom. The van der Waals surface area contributed by atoms with Crippen LogP contribution in [0.5, 0.6) is 0 Å². The van der Waals surface area contributed by atoms with Gasteiger partial charge in [0.2, 0.25) is 0 Å². The van der Waals surface area contributed by atoms with Gasteiger partial charge in [0.25, 0.3) is 13.0 Å². The molecule has 2 N–H and O–H groups in total. The molecule has 0 aromatic heterocycles. The van der Waals surface area contributed by atoms with E-state index in [1.165, 1.54) is 0 Å². The van der Waals surface area contributed by atoms with Crippen LogP contribution in [-0.4, -0.2) is 75.0 Å². The van der Waals surface area contributed by atoms with Gasteiger partial charge in [-0.1, -0.05) is 0 Å². The molecule has 2 heterocycles. The lowest BCUT2D eigenvalue weighted by molar-refractivity contribution is -0.424. The molecular formula is C22H38O8. The van der Waals surface area contributed by atoms with Crippen LogP contribution in [0.25, 0.3) is 0 Å². The molecule has 2 saturated heterocycles. The first-order valence-corrected chi connectivity index (χ1v) is 11.7. The van der Waals surface area contributed by atoms with Crippen molar-refractivity contribution < 1.29 is 38.6 Å². The average molecular weight is 431 g/mol. The fourth-order valence-electron chi connectivity index (χ4n) is 4.94. The fraction of sp³-hybridized carbons (Fsp3) is 1.00. The van der Waals surface area contributed by atoms with Gasteiger partial charge in [0.1, 0.15) is 12.2 Å². The number of rotatable bonds is 8.